The molecule has 0 saturated heterocycles. The van der Waals surface area contributed by atoms with Crippen LogP contribution in [0, 0.1) is 0 Å². The van der Waals surface area contributed by atoms with Gasteiger partial charge in [0, 0.05) is 13.8 Å². The highest BCUT2D eigenvalue weighted by atomic mass is 16.6. The largest absolute Gasteiger partial charge is 0.463 e. The molecule has 0 aliphatic carbocycles. The Morgan fingerprint density at radius 1 is 1.31 bits per heavy atom. The maximum atomic E-state index is 10.5. The predicted molar refractivity (Wildman–Crippen MR) is 43.9 cm³/mol. The summed E-state index contributed by atoms with van der Waals surface area (Å²) in [4.78, 5) is 20.8. The Hall–Kier alpha value is -1.10. The molecule has 5 nitrogen and oxygen atoms in total. The van der Waals surface area contributed by atoms with E-state index in [1.165, 1.54) is 20.8 Å². The van der Waals surface area contributed by atoms with Gasteiger partial charge in [0.1, 0.15) is 18.8 Å². The van der Waals surface area contributed by atoms with Crippen molar-refractivity contribution in [3.05, 3.63) is 0 Å². The van der Waals surface area contributed by atoms with Crippen LogP contribution in [0.1, 0.15) is 20.8 Å². The minimum atomic E-state index is -0.979. The van der Waals surface area contributed by atoms with Crippen LogP contribution in [0.2, 0.25) is 0 Å². The smallest absolute Gasteiger partial charge is 0.302 e. The average Bonchev–Trinajstić information content (AvgIpc) is 1.98. The number of aliphatic hydroxyl groups is 1. The van der Waals surface area contributed by atoms with Gasteiger partial charge in [0.25, 0.3) is 0 Å². The highest BCUT2D eigenvalue weighted by Crippen LogP contribution is 2.00. The molecule has 0 aromatic rings. The quantitative estimate of drug-likeness (QED) is 0.625. The Kier molecular flexibility index (Phi) is 5.06. The summed E-state index contributed by atoms with van der Waals surface area (Å²) in [6.45, 7) is 3.84. The van der Waals surface area contributed by atoms with E-state index in [9.17, 15) is 14.7 Å². The molecule has 0 amide bonds. The fourth-order valence-corrected chi connectivity index (χ4v) is 0.679. The van der Waals surface area contributed by atoms with Crippen molar-refractivity contribution >= 4 is 11.9 Å². The zero-order valence-corrected chi connectivity index (χ0v) is 7.94. The third-order valence-corrected chi connectivity index (χ3v) is 1.35. The lowest BCUT2D eigenvalue weighted by Gasteiger charge is -2.17. The third kappa shape index (κ3) is 6.10. The van der Waals surface area contributed by atoms with Gasteiger partial charge < -0.3 is 14.6 Å². The standard InChI is InChI=1S/C8H14O5/c1-5(13-7(3)10)8(11)4-12-6(2)9/h5,8,11H,4H2,1-3H3/t5-,8-/m0/s1. The van der Waals surface area contributed by atoms with E-state index in [4.69, 9.17) is 0 Å². The Morgan fingerprint density at radius 3 is 2.23 bits per heavy atom. The lowest BCUT2D eigenvalue weighted by Crippen LogP contribution is -2.32. The van der Waals surface area contributed by atoms with Crippen molar-refractivity contribution in [2.24, 2.45) is 0 Å². The Bertz CT molecular complexity index is 189. The third-order valence-electron chi connectivity index (χ3n) is 1.35. The lowest BCUT2D eigenvalue weighted by molar-refractivity contribution is -0.156. The van der Waals surface area contributed by atoms with Gasteiger partial charge in [0.15, 0.2) is 0 Å². The molecule has 13 heavy (non-hydrogen) atoms. The minimum absolute atomic E-state index is 0.163. The molecule has 0 unspecified atom stereocenters. The minimum Gasteiger partial charge on any atom is -0.463 e. The summed E-state index contributed by atoms with van der Waals surface area (Å²) in [6, 6.07) is 0. The van der Waals surface area contributed by atoms with E-state index in [0.717, 1.165) is 0 Å². The number of hydrogen-bond acceptors (Lipinski definition) is 5. The second kappa shape index (κ2) is 5.53. The zero-order valence-electron chi connectivity index (χ0n) is 7.94. The molecule has 0 aliphatic heterocycles. The van der Waals surface area contributed by atoms with Gasteiger partial charge in [-0.05, 0) is 6.92 Å². The van der Waals surface area contributed by atoms with E-state index in [2.05, 4.69) is 9.47 Å². The first-order valence-electron chi connectivity index (χ1n) is 3.92. The number of aliphatic hydroxyl groups excluding tert-OH is 1. The van der Waals surface area contributed by atoms with Crippen molar-refractivity contribution < 1.29 is 24.2 Å². The van der Waals surface area contributed by atoms with E-state index in [-0.39, 0.29) is 6.61 Å². The Labute approximate surface area is 76.6 Å². The zero-order chi connectivity index (χ0) is 10.4. The Balaban J connectivity index is 3.75. The molecule has 1 N–H and O–H groups in total. The van der Waals surface area contributed by atoms with Gasteiger partial charge in [-0.1, -0.05) is 0 Å². The molecule has 0 aliphatic rings. The number of esters is 2. The van der Waals surface area contributed by atoms with Gasteiger partial charge in [-0.25, -0.2) is 0 Å². The topological polar surface area (TPSA) is 72.8 Å². The SMILES string of the molecule is CC(=O)OC[C@H](O)[C@H](C)OC(C)=O. The summed E-state index contributed by atoms with van der Waals surface area (Å²) in [5.41, 5.74) is 0. The maximum Gasteiger partial charge on any atom is 0.302 e. The van der Waals surface area contributed by atoms with E-state index < -0.39 is 24.1 Å². The molecule has 2 atom stereocenters. The fraction of sp³-hybridized carbons (Fsp3) is 0.750. The molecule has 0 radical (unpaired) electrons. The second-order valence-electron chi connectivity index (χ2n) is 2.68. The number of rotatable bonds is 4. The molecule has 0 saturated carbocycles. The van der Waals surface area contributed by atoms with Crippen molar-refractivity contribution in [2.75, 3.05) is 6.61 Å². The molecule has 0 spiro atoms. The molecular weight excluding hydrogens is 176 g/mol. The van der Waals surface area contributed by atoms with Crippen molar-refractivity contribution in [2.45, 2.75) is 33.0 Å². The van der Waals surface area contributed by atoms with Gasteiger partial charge >= 0.3 is 11.9 Å². The van der Waals surface area contributed by atoms with Crippen LogP contribution in [-0.2, 0) is 19.1 Å². The molecule has 0 heterocycles. The highest BCUT2D eigenvalue weighted by Gasteiger charge is 2.17. The van der Waals surface area contributed by atoms with Crippen LogP contribution < -0.4 is 0 Å². The van der Waals surface area contributed by atoms with Gasteiger partial charge in [-0.2, -0.15) is 0 Å². The van der Waals surface area contributed by atoms with Crippen LogP contribution in [0.3, 0.4) is 0 Å². The number of carbonyl (C=O) groups excluding carboxylic acids is 2. The summed E-state index contributed by atoms with van der Waals surface area (Å²) in [7, 11) is 0. The lowest BCUT2D eigenvalue weighted by atomic mass is 10.2. The van der Waals surface area contributed by atoms with Crippen LogP contribution in [-0.4, -0.2) is 35.9 Å². The van der Waals surface area contributed by atoms with E-state index in [0.29, 0.717) is 0 Å². The summed E-state index contributed by atoms with van der Waals surface area (Å²) in [5.74, 6) is -0.955. The molecule has 0 aromatic heterocycles. The van der Waals surface area contributed by atoms with Crippen LogP contribution in [0.25, 0.3) is 0 Å². The van der Waals surface area contributed by atoms with Crippen molar-refractivity contribution in [1.29, 1.82) is 0 Å². The summed E-state index contributed by atoms with van der Waals surface area (Å²) in [6.07, 6.45) is -1.65. The van der Waals surface area contributed by atoms with Crippen LogP contribution >= 0.6 is 0 Å². The van der Waals surface area contributed by atoms with Gasteiger partial charge in [0.05, 0.1) is 0 Å². The molecule has 0 rings (SSSR count). The van der Waals surface area contributed by atoms with Gasteiger partial charge in [-0.3, -0.25) is 9.59 Å². The van der Waals surface area contributed by atoms with E-state index in [1.54, 1.807) is 0 Å². The molecule has 0 fully saturated rings. The second-order valence-corrected chi connectivity index (χ2v) is 2.68. The highest BCUT2D eigenvalue weighted by molar-refractivity contribution is 5.66. The van der Waals surface area contributed by atoms with E-state index in [1.807, 2.05) is 0 Å². The summed E-state index contributed by atoms with van der Waals surface area (Å²) < 4.78 is 9.19. The molecule has 0 bridgehead atoms. The average molecular weight is 190 g/mol. The predicted octanol–water partition coefficient (Wildman–Crippen LogP) is -0.138. The fourth-order valence-electron chi connectivity index (χ4n) is 0.679. The van der Waals surface area contributed by atoms with Crippen LogP contribution in [0.15, 0.2) is 0 Å². The van der Waals surface area contributed by atoms with Crippen molar-refractivity contribution in [3.8, 4) is 0 Å². The summed E-state index contributed by atoms with van der Waals surface area (Å²) >= 11 is 0. The molecule has 5 heteroatoms. The first-order chi connectivity index (χ1) is 5.93. The molecule has 76 valence electrons. The van der Waals surface area contributed by atoms with Crippen molar-refractivity contribution in [1.82, 2.24) is 0 Å². The molecular formula is C8H14O5. The normalized spacial score (nSPS) is 14.5. The van der Waals surface area contributed by atoms with Gasteiger partial charge in [0.2, 0.25) is 0 Å². The number of hydrogen-bond donors (Lipinski definition) is 1. The monoisotopic (exact) mass is 190 g/mol. The van der Waals surface area contributed by atoms with Gasteiger partial charge in [-0.15, -0.1) is 0 Å². The Morgan fingerprint density at radius 2 is 1.85 bits per heavy atom. The first-order valence-corrected chi connectivity index (χ1v) is 3.92. The maximum absolute atomic E-state index is 10.5. The van der Waals surface area contributed by atoms with Crippen molar-refractivity contribution in [3.63, 3.8) is 0 Å². The van der Waals surface area contributed by atoms with Crippen LogP contribution in [0.4, 0.5) is 0 Å². The van der Waals surface area contributed by atoms with E-state index >= 15 is 0 Å². The number of carbonyl (C=O) groups is 2. The number of ether oxygens (including phenoxy) is 2. The molecule has 0 aromatic carbocycles. The first kappa shape index (κ1) is 11.9. The summed E-state index contributed by atoms with van der Waals surface area (Å²) in [5, 5.41) is 9.26. The van der Waals surface area contributed by atoms with Crippen LogP contribution in [0.5, 0.6) is 0 Å².